The van der Waals surface area contributed by atoms with E-state index in [9.17, 15) is 5.11 Å². The molecular weight excluding hydrogens is 335 g/mol. The van der Waals surface area contributed by atoms with Gasteiger partial charge in [0.05, 0.1) is 12.7 Å². The minimum Gasteiger partial charge on any atom is -0.368 e. The highest BCUT2D eigenvalue weighted by atomic mass is 31.2. The highest BCUT2D eigenvalue weighted by molar-refractivity contribution is 7.47. The average molecular weight is 379 g/mol. The van der Waals surface area contributed by atoms with E-state index in [0.29, 0.717) is 37.2 Å². The fourth-order valence-electron chi connectivity index (χ4n) is 3.02. The largest absolute Gasteiger partial charge is 0.368 e. The average Bonchev–Trinajstić information content (AvgIpc) is 2.40. The molecule has 0 aliphatic rings. The summed E-state index contributed by atoms with van der Waals surface area (Å²) >= 11 is 0. The monoisotopic (exact) mass is 378 g/mol. The van der Waals surface area contributed by atoms with Crippen molar-refractivity contribution in [1.82, 2.24) is 9.34 Å². The van der Waals surface area contributed by atoms with Crippen molar-refractivity contribution in [1.29, 1.82) is 0 Å². The van der Waals surface area contributed by atoms with Gasteiger partial charge in [-0.25, -0.2) is 9.34 Å². The maximum absolute atomic E-state index is 9.86. The van der Waals surface area contributed by atoms with Crippen molar-refractivity contribution in [2.75, 3.05) is 6.61 Å². The molecule has 152 valence electrons. The number of aliphatic hydroxyl groups excluding tert-OH is 1. The summed E-state index contributed by atoms with van der Waals surface area (Å²) in [6.45, 7) is 22.4. The first-order valence-corrected chi connectivity index (χ1v) is 11.0. The fraction of sp³-hybridized carbons (Fsp3) is 1.00. The maximum Gasteiger partial charge on any atom is 0.188 e. The molecule has 0 aromatic carbocycles. The summed E-state index contributed by atoms with van der Waals surface area (Å²) in [5, 5.41) is 9.86. The Hall–Kier alpha value is 0.230. The topological polar surface area (TPSA) is 45.2 Å². The van der Waals surface area contributed by atoms with E-state index in [1.165, 1.54) is 0 Å². The highest BCUT2D eigenvalue weighted by Gasteiger charge is 2.34. The molecule has 6 heteroatoms. The molecule has 0 heterocycles. The Morgan fingerprint density at radius 2 is 1.16 bits per heavy atom. The van der Waals surface area contributed by atoms with Gasteiger partial charge in [0.15, 0.2) is 14.7 Å². The molecule has 0 saturated carbocycles. The van der Waals surface area contributed by atoms with E-state index >= 15 is 0 Å². The number of rotatable bonds is 13. The molecule has 0 fully saturated rings. The third-order valence-corrected chi connectivity index (χ3v) is 6.79. The van der Waals surface area contributed by atoms with Gasteiger partial charge in [0.2, 0.25) is 0 Å². The Balaban J connectivity index is 4.96. The van der Waals surface area contributed by atoms with Gasteiger partial charge >= 0.3 is 0 Å². The lowest BCUT2D eigenvalue weighted by Crippen LogP contribution is -2.43. The van der Waals surface area contributed by atoms with Gasteiger partial charge in [-0.15, -0.1) is 0 Å². The molecule has 0 aromatic rings. The van der Waals surface area contributed by atoms with Gasteiger partial charge < -0.3 is 14.4 Å². The molecule has 0 aliphatic carbocycles. The van der Waals surface area contributed by atoms with Crippen molar-refractivity contribution in [2.45, 2.75) is 119 Å². The van der Waals surface area contributed by atoms with Crippen LogP contribution in [0.25, 0.3) is 0 Å². The van der Waals surface area contributed by atoms with Crippen molar-refractivity contribution in [3.05, 3.63) is 0 Å². The summed E-state index contributed by atoms with van der Waals surface area (Å²) in [7, 11) is -0.849. The molecule has 1 N–H and O–H groups in total. The van der Waals surface area contributed by atoms with Gasteiger partial charge in [0.1, 0.15) is 0 Å². The lowest BCUT2D eigenvalue weighted by molar-refractivity contribution is -0.130. The standard InChI is InChI=1S/C19H43N2O3P/c1-14(2)20(15(3)4)25(21(16(5)6)17(7)8)23-13-11-12-19(22)24-18(9)10/h14-19,22H,11-13H2,1-10H3. The SMILES string of the molecule is CC(C)OC(O)CCCOP(N(C(C)C)C(C)C)N(C(C)C)C(C)C. The van der Waals surface area contributed by atoms with Crippen LogP contribution in [0, 0.1) is 0 Å². The second-order valence-corrected chi connectivity index (χ2v) is 9.69. The molecule has 0 radical (unpaired) electrons. The minimum atomic E-state index is -0.849. The second kappa shape index (κ2) is 12.6. The smallest absolute Gasteiger partial charge is 0.188 e. The molecule has 0 spiro atoms. The van der Waals surface area contributed by atoms with Crippen molar-refractivity contribution in [2.24, 2.45) is 0 Å². The van der Waals surface area contributed by atoms with Gasteiger partial charge in [-0.2, -0.15) is 0 Å². The molecule has 0 aliphatic heterocycles. The number of hydrogen-bond acceptors (Lipinski definition) is 5. The van der Waals surface area contributed by atoms with Crippen LogP contribution in [-0.2, 0) is 9.26 Å². The quantitative estimate of drug-likeness (QED) is 0.278. The van der Waals surface area contributed by atoms with Crippen LogP contribution < -0.4 is 0 Å². The molecule has 0 aromatic heterocycles. The molecular formula is C19H43N2O3P. The number of ether oxygens (including phenoxy) is 1. The summed E-state index contributed by atoms with van der Waals surface area (Å²) < 4.78 is 16.8. The Morgan fingerprint density at radius 3 is 1.48 bits per heavy atom. The third-order valence-electron chi connectivity index (χ3n) is 3.74. The summed E-state index contributed by atoms with van der Waals surface area (Å²) in [5.41, 5.74) is 0. The zero-order chi connectivity index (χ0) is 19.7. The Morgan fingerprint density at radius 1 is 0.760 bits per heavy atom. The first-order valence-electron chi connectivity index (χ1n) is 9.82. The predicted molar refractivity (Wildman–Crippen MR) is 109 cm³/mol. The van der Waals surface area contributed by atoms with Gasteiger partial charge in [0.25, 0.3) is 0 Å². The van der Waals surface area contributed by atoms with E-state index < -0.39 is 14.7 Å². The van der Waals surface area contributed by atoms with Crippen LogP contribution in [0.5, 0.6) is 0 Å². The van der Waals surface area contributed by atoms with Crippen LogP contribution in [-0.4, -0.2) is 57.6 Å². The van der Waals surface area contributed by atoms with Crippen LogP contribution in [0.2, 0.25) is 0 Å². The van der Waals surface area contributed by atoms with E-state index in [1.807, 2.05) is 13.8 Å². The second-order valence-electron chi connectivity index (χ2n) is 8.00. The van der Waals surface area contributed by atoms with Crippen LogP contribution >= 0.6 is 8.45 Å². The molecule has 0 amide bonds. The lowest BCUT2D eigenvalue weighted by atomic mass is 10.3. The van der Waals surface area contributed by atoms with E-state index in [2.05, 4.69) is 64.7 Å². The van der Waals surface area contributed by atoms with E-state index in [0.717, 1.165) is 6.42 Å². The van der Waals surface area contributed by atoms with Gasteiger partial charge in [-0.05, 0) is 75.7 Å². The van der Waals surface area contributed by atoms with Crippen LogP contribution in [0.3, 0.4) is 0 Å². The van der Waals surface area contributed by atoms with Crippen LogP contribution in [0.15, 0.2) is 0 Å². The number of hydrogen-bond donors (Lipinski definition) is 1. The minimum absolute atomic E-state index is 0.0442. The first kappa shape index (κ1) is 25.2. The van der Waals surface area contributed by atoms with Gasteiger partial charge in [0, 0.05) is 30.6 Å². The summed E-state index contributed by atoms with van der Waals surface area (Å²) in [4.78, 5) is 0. The zero-order valence-corrected chi connectivity index (χ0v) is 19.1. The summed E-state index contributed by atoms with van der Waals surface area (Å²) in [5.74, 6) is 0. The molecule has 1 atom stereocenters. The third kappa shape index (κ3) is 9.65. The molecule has 0 bridgehead atoms. The highest BCUT2D eigenvalue weighted by Crippen LogP contribution is 2.50. The van der Waals surface area contributed by atoms with Crippen molar-refractivity contribution in [3.63, 3.8) is 0 Å². The molecule has 0 saturated heterocycles. The van der Waals surface area contributed by atoms with Gasteiger partial charge in [-0.3, -0.25) is 0 Å². The van der Waals surface area contributed by atoms with Crippen molar-refractivity contribution >= 4 is 8.45 Å². The van der Waals surface area contributed by atoms with Crippen molar-refractivity contribution in [3.8, 4) is 0 Å². The molecule has 1 unspecified atom stereocenters. The number of nitrogens with zero attached hydrogens (tertiary/aromatic N) is 2. The zero-order valence-electron chi connectivity index (χ0n) is 18.2. The Labute approximate surface area is 158 Å². The Bertz CT molecular complexity index is 303. The predicted octanol–water partition coefficient (Wildman–Crippen LogP) is 4.99. The molecule has 0 rings (SSSR count). The van der Waals surface area contributed by atoms with E-state index in [-0.39, 0.29) is 6.10 Å². The molecule has 5 nitrogen and oxygen atoms in total. The Kier molecular flexibility index (Phi) is 12.7. The number of aliphatic hydroxyl groups is 1. The van der Waals surface area contributed by atoms with Crippen molar-refractivity contribution < 1.29 is 14.4 Å². The lowest BCUT2D eigenvalue weighted by Gasteiger charge is -2.45. The normalized spacial score (nSPS) is 14.5. The first-order chi connectivity index (χ1) is 11.5. The van der Waals surface area contributed by atoms with E-state index in [4.69, 9.17) is 9.26 Å². The molecule has 25 heavy (non-hydrogen) atoms. The fourth-order valence-corrected chi connectivity index (χ4v) is 5.40. The van der Waals surface area contributed by atoms with Crippen LogP contribution in [0.1, 0.15) is 82.1 Å². The van der Waals surface area contributed by atoms with Gasteiger partial charge in [-0.1, -0.05) is 0 Å². The maximum atomic E-state index is 9.86. The summed E-state index contributed by atoms with van der Waals surface area (Å²) in [6.07, 6.45) is 0.740. The summed E-state index contributed by atoms with van der Waals surface area (Å²) in [6, 6.07) is 1.67. The van der Waals surface area contributed by atoms with Crippen LogP contribution in [0.4, 0.5) is 0 Å². The van der Waals surface area contributed by atoms with E-state index in [1.54, 1.807) is 0 Å².